The molecule has 3 heteroatoms. The Labute approximate surface area is 96.8 Å². The second-order valence-electron chi connectivity index (χ2n) is 3.47. The number of rotatable bonds is 2. The van der Waals surface area contributed by atoms with E-state index in [1.165, 1.54) is 0 Å². The molecule has 0 saturated carbocycles. The third kappa shape index (κ3) is 1.98. The monoisotopic (exact) mass is 265 g/mol. The molecule has 0 bridgehead atoms. The van der Waals surface area contributed by atoms with E-state index in [4.69, 9.17) is 5.73 Å². The van der Waals surface area contributed by atoms with Crippen LogP contribution >= 0.6 is 15.9 Å². The van der Waals surface area contributed by atoms with Crippen molar-refractivity contribution < 1.29 is 5.11 Å². The van der Waals surface area contributed by atoms with Gasteiger partial charge in [0.2, 0.25) is 0 Å². The predicted octanol–water partition coefficient (Wildman–Crippen LogP) is 2.81. The maximum atomic E-state index is 9.74. The molecule has 0 aliphatic rings. The molecule has 15 heavy (non-hydrogen) atoms. The molecular formula is C12H12BrNO. The van der Waals surface area contributed by atoms with Gasteiger partial charge < -0.3 is 10.8 Å². The van der Waals surface area contributed by atoms with Gasteiger partial charge in [0.15, 0.2) is 0 Å². The van der Waals surface area contributed by atoms with Crippen LogP contribution in [0.3, 0.4) is 0 Å². The molecule has 0 radical (unpaired) electrons. The third-order valence-corrected chi connectivity index (χ3v) is 2.96. The quantitative estimate of drug-likeness (QED) is 0.877. The number of phenolic OH excluding ortho intramolecular Hbond substituents is 1. The summed E-state index contributed by atoms with van der Waals surface area (Å²) in [5, 5.41) is 11.9. The molecule has 3 N–H and O–H groups in total. The highest BCUT2D eigenvalue weighted by Crippen LogP contribution is 2.29. The van der Waals surface area contributed by atoms with Gasteiger partial charge in [0.25, 0.3) is 0 Å². The van der Waals surface area contributed by atoms with Crippen molar-refractivity contribution in [2.75, 3.05) is 6.54 Å². The summed E-state index contributed by atoms with van der Waals surface area (Å²) in [7, 11) is 0. The molecule has 0 fully saturated rings. The molecule has 0 atom stereocenters. The van der Waals surface area contributed by atoms with Gasteiger partial charge in [-0.2, -0.15) is 0 Å². The van der Waals surface area contributed by atoms with Crippen LogP contribution in [0.25, 0.3) is 10.8 Å². The standard InChI is InChI=1S/C12H12BrNO/c13-9-2-3-10-8(7-9)1-4-12(15)11(10)5-6-14/h1-4,7,15H,5-6,14H2. The lowest BCUT2D eigenvalue weighted by Gasteiger charge is -2.08. The van der Waals surface area contributed by atoms with Crippen molar-refractivity contribution in [3.63, 3.8) is 0 Å². The Hall–Kier alpha value is -1.06. The zero-order chi connectivity index (χ0) is 10.8. The van der Waals surface area contributed by atoms with E-state index in [-0.39, 0.29) is 0 Å². The number of nitrogens with two attached hydrogens (primary N) is 1. The summed E-state index contributed by atoms with van der Waals surface area (Å²) >= 11 is 3.43. The van der Waals surface area contributed by atoms with Crippen LogP contribution in [0.1, 0.15) is 5.56 Å². The molecule has 0 heterocycles. The van der Waals surface area contributed by atoms with Crippen LogP contribution in [-0.4, -0.2) is 11.7 Å². The van der Waals surface area contributed by atoms with Gasteiger partial charge in [0, 0.05) is 10.0 Å². The summed E-state index contributed by atoms with van der Waals surface area (Å²) in [6, 6.07) is 9.65. The zero-order valence-corrected chi connectivity index (χ0v) is 9.79. The maximum Gasteiger partial charge on any atom is 0.119 e. The largest absolute Gasteiger partial charge is 0.508 e. The molecule has 0 amide bonds. The number of benzene rings is 2. The van der Waals surface area contributed by atoms with E-state index in [9.17, 15) is 5.11 Å². The fraction of sp³-hybridized carbons (Fsp3) is 0.167. The molecule has 2 nitrogen and oxygen atoms in total. The van der Waals surface area contributed by atoms with E-state index in [1.807, 2.05) is 24.3 Å². The van der Waals surface area contributed by atoms with Gasteiger partial charge in [-0.25, -0.2) is 0 Å². The lowest BCUT2D eigenvalue weighted by molar-refractivity contribution is 0.469. The maximum absolute atomic E-state index is 9.74. The van der Waals surface area contributed by atoms with Crippen molar-refractivity contribution in [3.8, 4) is 5.75 Å². The minimum atomic E-state index is 0.329. The number of aromatic hydroxyl groups is 1. The number of halogens is 1. The Morgan fingerprint density at radius 3 is 2.73 bits per heavy atom. The molecule has 0 spiro atoms. The fourth-order valence-corrected chi connectivity index (χ4v) is 2.14. The molecular weight excluding hydrogens is 254 g/mol. The van der Waals surface area contributed by atoms with E-state index in [2.05, 4.69) is 15.9 Å². The molecule has 2 aromatic rings. The second kappa shape index (κ2) is 4.21. The van der Waals surface area contributed by atoms with Crippen LogP contribution in [0.5, 0.6) is 5.75 Å². The highest BCUT2D eigenvalue weighted by molar-refractivity contribution is 9.10. The van der Waals surface area contributed by atoms with Crippen molar-refractivity contribution in [2.24, 2.45) is 5.73 Å². The average Bonchev–Trinajstić information content (AvgIpc) is 2.22. The number of fused-ring (bicyclic) bond motifs is 1. The highest BCUT2D eigenvalue weighted by Gasteiger charge is 2.06. The summed E-state index contributed by atoms with van der Waals surface area (Å²) < 4.78 is 1.04. The molecule has 0 saturated heterocycles. The number of phenols is 1. The molecule has 2 rings (SSSR count). The Bertz CT molecular complexity index is 496. The first-order chi connectivity index (χ1) is 7.22. The van der Waals surface area contributed by atoms with E-state index in [1.54, 1.807) is 6.07 Å². The molecule has 78 valence electrons. The van der Waals surface area contributed by atoms with Crippen LogP contribution in [0.15, 0.2) is 34.8 Å². The van der Waals surface area contributed by atoms with E-state index >= 15 is 0 Å². The van der Waals surface area contributed by atoms with Gasteiger partial charge in [-0.3, -0.25) is 0 Å². The molecule has 0 unspecified atom stereocenters. The van der Waals surface area contributed by atoms with Crippen molar-refractivity contribution in [1.29, 1.82) is 0 Å². The lowest BCUT2D eigenvalue weighted by atomic mass is 10.0. The van der Waals surface area contributed by atoms with E-state index in [0.29, 0.717) is 18.7 Å². The van der Waals surface area contributed by atoms with Crippen LogP contribution in [-0.2, 0) is 6.42 Å². The minimum absolute atomic E-state index is 0.329. The zero-order valence-electron chi connectivity index (χ0n) is 8.20. The second-order valence-corrected chi connectivity index (χ2v) is 4.38. The average molecular weight is 266 g/mol. The van der Waals surface area contributed by atoms with Crippen molar-refractivity contribution >= 4 is 26.7 Å². The Morgan fingerprint density at radius 1 is 1.20 bits per heavy atom. The SMILES string of the molecule is NCCc1c(O)ccc2cc(Br)ccc12. The molecule has 0 aliphatic heterocycles. The first-order valence-electron chi connectivity index (χ1n) is 4.82. The van der Waals surface area contributed by atoms with Gasteiger partial charge in [0.05, 0.1) is 0 Å². The van der Waals surface area contributed by atoms with Crippen molar-refractivity contribution in [1.82, 2.24) is 0 Å². The highest BCUT2D eigenvalue weighted by atomic mass is 79.9. The Kier molecular flexibility index (Phi) is 2.93. The van der Waals surface area contributed by atoms with Crippen LogP contribution in [0.4, 0.5) is 0 Å². The third-order valence-electron chi connectivity index (χ3n) is 2.46. The van der Waals surface area contributed by atoms with Crippen molar-refractivity contribution in [3.05, 3.63) is 40.4 Å². The molecule has 2 aromatic carbocycles. The topological polar surface area (TPSA) is 46.2 Å². The first-order valence-corrected chi connectivity index (χ1v) is 5.62. The van der Waals surface area contributed by atoms with Gasteiger partial charge in [-0.05, 0) is 41.9 Å². The number of hydrogen-bond donors (Lipinski definition) is 2. The van der Waals surface area contributed by atoms with Crippen molar-refractivity contribution in [2.45, 2.75) is 6.42 Å². The molecule has 0 aliphatic carbocycles. The normalized spacial score (nSPS) is 10.8. The van der Waals surface area contributed by atoms with E-state index in [0.717, 1.165) is 20.8 Å². The summed E-state index contributed by atoms with van der Waals surface area (Å²) in [6.07, 6.45) is 0.699. The van der Waals surface area contributed by atoms with Gasteiger partial charge >= 0.3 is 0 Å². The first kappa shape index (κ1) is 10.5. The summed E-state index contributed by atoms with van der Waals surface area (Å²) in [4.78, 5) is 0. The summed E-state index contributed by atoms with van der Waals surface area (Å²) in [5.41, 5.74) is 6.46. The van der Waals surface area contributed by atoms with Gasteiger partial charge in [-0.15, -0.1) is 0 Å². The van der Waals surface area contributed by atoms with Gasteiger partial charge in [0.1, 0.15) is 5.75 Å². The summed E-state index contributed by atoms with van der Waals surface area (Å²) in [5.74, 6) is 0.329. The van der Waals surface area contributed by atoms with E-state index < -0.39 is 0 Å². The smallest absolute Gasteiger partial charge is 0.119 e. The Morgan fingerprint density at radius 2 is 2.00 bits per heavy atom. The number of hydrogen-bond acceptors (Lipinski definition) is 2. The minimum Gasteiger partial charge on any atom is -0.508 e. The Balaban J connectivity index is 2.70. The van der Waals surface area contributed by atoms with Crippen LogP contribution in [0.2, 0.25) is 0 Å². The lowest BCUT2D eigenvalue weighted by Crippen LogP contribution is -2.03. The molecule has 0 aromatic heterocycles. The van der Waals surface area contributed by atoms with Crippen LogP contribution in [0, 0.1) is 0 Å². The van der Waals surface area contributed by atoms with Gasteiger partial charge in [-0.1, -0.05) is 28.1 Å². The fourth-order valence-electron chi connectivity index (χ4n) is 1.76. The van der Waals surface area contributed by atoms with Crippen LogP contribution < -0.4 is 5.73 Å². The summed E-state index contributed by atoms with van der Waals surface area (Å²) in [6.45, 7) is 0.544. The predicted molar refractivity (Wildman–Crippen MR) is 66.1 cm³/mol.